The normalized spacial score (nSPS) is 13.3. The number of ether oxygens (including phenoxy) is 2. The van der Waals surface area contributed by atoms with Crippen LogP contribution in [0.25, 0.3) is 11.1 Å². The third-order valence-electron chi connectivity index (χ3n) is 5.51. The molecule has 0 bridgehead atoms. The summed E-state index contributed by atoms with van der Waals surface area (Å²) in [6, 6.07) is 12.0. The van der Waals surface area contributed by atoms with Crippen LogP contribution in [0.1, 0.15) is 53.5 Å². The lowest BCUT2D eigenvalue weighted by molar-refractivity contribution is 0.0519. The van der Waals surface area contributed by atoms with Crippen LogP contribution in [0, 0.1) is 11.6 Å². The van der Waals surface area contributed by atoms with Gasteiger partial charge in [-0.25, -0.2) is 18.6 Å². The molecule has 1 heterocycles. The van der Waals surface area contributed by atoms with Gasteiger partial charge < -0.3 is 9.47 Å². The van der Waals surface area contributed by atoms with Crippen molar-refractivity contribution in [3.8, 4) is 5.75 Å². The quantitative estimate of drug-likeness (QED) is 0.313. The fourth-order valence-corrected chi connectivity index (χ4v) is 4.29. The molecule has 0 atom stereocenters. The van der Waals surface area contributed by atoms with E-state index < -0.39 is 17.6 Å². The summed E-state index contributed by atoms with van der Waals surface area (Å²) in [4.78, 5) is 16.8. The van der Waals surface area contributed by atoms with Crippen LogP contribution in [0.3, 0.4) is 0 Å². The van der Waals surface area contributed by atoms with Gasteiger partial charge in [-0.1, -0.05) is 23.2 Å². The molecule has 0 spiro atoms. The summed E-state index contributed by atoms with van der Waals surface area (Å²) >= 11 is 12.5. The van der Waals surface area contributed by atoms with Crippen LogP contribution in [0.15, 0.2) is 48.5 Å². The number of allylic oxidation sites excluding steroid dienone is 2. The molecule has 0 amide bonds. The zero-order valence-corrected chi connectivity index (χ0v) is 19.9. The number of esters is 1. The number of nitrogens with zero attached hydrogens (tertiary/aromatic N) is 1. The first kappa shape index (κ1) is 24.2. The van der Waals surface area contributed by atoms with Crippen molar-refractivity contribution in [1.29, 1.82) is 0 Å². The smallest absolute Gasteiger partial charge is 0.358 e. The van der Waals surface area contributed by atoms with Crippen molar-refractivity contribution in [2.75, 3.05) is 6.61 Å². The molecule has 3 aromatic rings. The Balaban J connectivity index is 1.71. The highest BCUT2D eigenvalue weighted by Crippen LogP contribution is 2.43. The molecular weight excluding hydrogens is 483 g/mol. The molecule has 0 radical (unpaired) electrons. The molecule has 0 saturated carbocycles. The van der Waals surface area contributed by atoms with Crippen LogP contribution >= 0.6 is 23.2 Å². The first-order chi connectivity index (χ1) is 16.4. The molecule has 0 saturated heterocycles. The highest BCUT2D eigenvalue weighted by Gasteiger charge is 2.24. The number of hydrogen-bond acceptors (Lipinski definition) is 4. The van der Waals surface area contributed by atoms with E-state index in [-0.39, 0.29) is 29.5 Å². The minimum atomic E-state index is -0.673. The lowest BCUT2D eigenvalue weighted by atomic mass is 9.98. The van der Waals surface area contributed by atoms with Crippen LogP contribution in [-0.4, -0.2) is 17.6 Å². The summed E-state index contributed by atoms with van der Waals surface area (Å²) in [5, 5.41) is 0.737. The predicted octanol–water partition coefficient (Wildman–Crippen LogP) is 7.52. The van der Waals surface area contributed by atoms with Crippen molar-refractivity contribution in [3.63, 3.8) is 0 Å². The van der Waals surface area contributed by atoms with Crippen molar-refractivity contribution in [1.82, 2.24) is 4.98 Å². The molecule has 4 rings (SSSR count). The second-order valence-corrected chi connectivity index (χ2v) is 8.57. The predicted molar refractivity (Wildman–Crippen MR) is 128 cm³/mol. The van der Waals surface area contributed by atoms with Gasteiger partial charge in [0, 0.05) is 22.2 Å². The van der Waals surface area contributed by atoms with Crippen LogP contribution in [0.2, 0.25) is 10.0 Å². The number of carbonyl (C=O) groups is 1. The number of hydrogen-bond donors (Lipinski definition) is 0. The van der Waals surface area contributed by atoms with Gasteiger partial charge in [0.25, 0.3) is 0 Å². The minimum Gasteiger partial charge on any atom is -0.488 e. The van der Waals surface area contributed by atoms with Gasteiger partial charge in [-0.15, -0.1) is 0 Å². The van der Waals surface area contributed by atoms with Crippen LogP contribution in [0.5, 0.6) is 5.75 Å². The Morgan fingerprint density at radius 2 is 1.82 bits per heavy atom. The van der Waals surface area contributed by atoms with E-state index in [1.54, 1.807) is 37.3 Å². The van der Waals surface area contributed by atoms with Gasteiger partial charge in [-0.2, -0.15) is 0 Å². The summed E-state index contributed by atoms with van der Waals surface area (Å²) in [7, 11) is 0. The van der Waals surface area contributed by atoms with E-state index >= 15 is 0 Å². The van der Waals surface area contributed by atoms with Crippen molar-refractivity contribution < 1.29 is 23.0 Å². The molecule has 0 N–H and O–H groups in total. The first-order valence-electron chi connectivity index (χ1n) is 10.8. The Bertz CT molecular complexity index is 1280. The van der Waals surface area contributed by atoms with Gasteiger partial charge in [-0.05, 0) is 79.8 Å². The summed E-state index contributed by atoms with van der Waals surface area (Å²) in [6.45, 7) is 1.86. The van der Waals surface area contributed by atoms with E-state index in [9.17, 15) is 13.6 Å². The summed E-state index contributed by atoms with van der Waals surface area (Å²) < 4.78 is 38.3. The van der Waals surface area contributed by atoms with Crippen molar-refractivity contribution in [2.45, 2.75) is 32.8 Å². The Hall–Kier alpha value is -2.96. The first-order valence-corrected chi connectivity index (χ1v) is 11.6. The zero-order valence-electron chi connectivity index (χ0n) is 18.3. The average Bonchev–Trinajstić information content (AvgIpc) is 3.29. The highest BCUT2D eigenvalue weighted by atomic mass is 35.5. The van der Waals surface area contributed by atoms with Crippen LogP contribution in [-0.2, 0) is 11.3 Å². The molecule has 1 aliphatic rings. The molecule has 0 unspecified atom stereocenters. The standard InChI is InChI=1S/C26H21Cl2F2NO3/c1-2-33-26(32)25-21(28)9-10-23(31-25)19-5-3-4-18(19)20-12-16(27)7-11-24(20)34-14-15-6-8-17(29)13-22(15)30/h6-13H,2-5,14H2,1H3. The number of benzene rings is 2. The Morgan fingerprint density at radius 3 is 2.59 bits per heavy atom. The molecule has 176 valence electrons. The molecule has 34 heavy (non-hydrogen) atoms. The number of pyridine rings is 1. The molecule has 2 aromatic carbocycles. The number of aromatic nitrogens is 1. The van der Waals surface area contributed by atoms with Gasteiger partial charge in [0.05, 0.1) is 17.3 Å². The van der Waals surface area contributed by atoms with Crippen LogP contribution < -0.4 is 4.74 Å². The van der Waals surface area contributed by atoms with Gasteiger partial charge in [0.2, 0.25) is 0 Å². The Kier molecular flexibility index (Phi) is 7.49. The van der Waals surface area contributed by atoms with E-state index in [1.807, 2.05) is 0 Å². The number of rotatable bonds is 7. The molecule has 0 aliphatic heterocycles. The topological polar surface area (TPSA) is 48.4 Å². The fraction of sp³-hybridized carbons (Fsp3) is 0.231. The Labute approximate surface area is 206 Å². The Morgan fingerprint density at radius 1 is 1.03 bits per heavy atom. The fourth-order valence-electron chi connectivity index (χ4n) is 3.93. The monoisotopic (exact) mass is 503 g/mol. The summed E-state index contributed by atoms with van der Waals surface area (Å²) in [5.74, 6) is -1.38. The van der Waals surface area contributed by atoms with Gasteiger partial charge in [-0.3, -0.25) is 0 Å². The molecule has 1 aliphatic carbocycles. The average molecular weight is 504 g/mol. The molecule has 0 fully saturated rings. The van der Waals surface area contributed by atoms with Crippen molar-refractivity contribution in [3.05, 3.63) is 92.7 Å². The SMILES string of the molecule is CCOC(=O)c1nc(C2=C(c3cc(Cl)ccc3OCc3ccc(F)cc3F)CCC2)ccc1Cl. The second-order valence-electron chi connectivity index (χ2n) is 7.72. The maximum absolute atomic E-state index is 14.1. The third-order valence-corrected chi connectivity index (χ3v) is 6.05. The molecule has 1 aromatic heterocycles. The van der Waals surface area contributed by atoms with E-state index in [0.29, 0.717) is 16.5 Å². The maximum atomic E-state index is 14.1. The molecular formula is C26H21Cl2F2NO3. The van der Waals surface area contributed by atoms with E-state index in [1.165, 1.54) is 12.1 Å². The third kappa shape index (κ3) is 5.24. The lowest BCUT2D eigenvalue weighted by Crippen LogP contribution is -2.09. The highest BCUT2D eigenvalue weighted by molar-refractivity contribution is 6.33. The van der Waals surface area contributed by atoms with Gasteiger partial charge in [0.1, 0.15) is 24.0 Å². The van der Waals surface area contributed by atoms with E-state index in [4.69, 9.17) is 32.7 Å². The summed E-state index contributed by atoms with van der Waals surface area (Å²) in [6.07, 6.45) is 2.36. The summed E-state index contributed by atoms with van der Waals surface area (Å²) in [5.41, 5.74) is 3.60. The van der Waals surface area contributed by atoms with E-state index in [2.05, 4.69) is 4.98 Å². The maximum Gasteiger partial charge on any atom is 0.358 e. The van der Waals surface area contributed by atoms with Crippen molar-refractivity contribution in [2.24, 2.45) is 0 Å². The van der Waals surface area contributed by atoms with Gasteiger partial charge >= 0.3 is 5.97 Å². The minimum absolute atomic E-state index is 0.0640. The number of halogens is 4. The number of carbonyl (C=O) groups excluding carboxylic acids is 1. The van der Waals surface area contributed by atoms with Gasteiger partial charge in [0.15, 0.2) is 5.69 Å². The molecule has 8 heteroatoms. The second kappa shape index (κ2) is 10.5. The van der Waals surface area contributed by atoms with Crippen molar-refractivity contribution >= 4 is 40.3 Å². The zero-order chi connectivity index (χ0) is 24.2. The lowest BCUT2D eigenvalue weighted by Gasteiger charge is -2.15. The molecule has 4 nitrogen and oxygen atoms in total. The largest absolute Gasteiger partial charge is 0.488 e. The van der Waals surface area contributed by atoms with E-state index in [0.717, 1.165) is 42.0 Å². The van der Waals surface area contributed by atoms with Crippen LogP contribution in [0.4, 0.5) is 8.78 Å².